The predicted molar refractivity (Wildman–Crippen MR) is 149 cm³/mol. The van der Waals surface area contributed by atoms with Crippen molar-refractivity contribution in [2.75, 3.05) is 38.6 Å². The Morgan fingerprint density at radius 3 is 2.73 bits per heavy atom. The largest absolute Gasteiger partial charge is 0.480 e. The van der Waals surface area contributed by atoms with Crippen molar-refractivity contribution in [2.24, 2.45) is 0 Å². The van der Waals surface area contributed by atoms with Crippen molar-refractivity contribution < 1.29 is 27.8 Å². The van der Waals surface area contributed by atoms with E-state index in [9.17, 15) is 23.1 Å². The van der Waals surface area contributed by atoms with Gasteiger partial charge in [0.2, 0.25) is 0 Å². The number of aliphatic carboxylic acids is 1. The van der Waals surface area contributed by atoms with Gasteiger partial charge in [0.25, 0.3) is 0 Å². The second kappa shape index (κ2) is 15.2. The lowest BCUT2D eigenvalue weighted by Crippen LogP contribution is -2.38. The van der Waals surface area contributed by atoms with Crippen LogP contribution in [0, 0.1) is 0 Å². The average molecular weight is 566 g/mol. The van der Waals surface area contributed by atoms with E-state index in [1.807, 2.05) is 6.92 Å². The van der Waals surface area contributed by atoms with E-state index in [-0.39, 0.29) is 18.3 Å². The van der Waals surface area contributed by atoms with Gasteiger partial charge in [0.05, 0.1) is 6.10 Å². The number of anilines is 1. The molecule has 0 aromatic carbocycles. The minimum atomic E-state index is -4.64. The van der Waals surface area contributed by atoms with Crippen molar-refractivity contribution in [3.8, 4) is 0 Å². The number of hydrogen-bond donors (Lipinski definition) is 3. The number of rotatable bonds is 14. The number of ether oxygens (including phenoxy) is 1. The van der Waals surface area contributed by atoms with E-state index in [0.29, 0.717) is 13.1 Å². The van der Waals surface area contributed by atoms with Crippen LogP contribution >= 0.6 is 0 Å². The molecule has 8 nitrogen and oxygen atoms in total. The van der Waals surface area contributed by atoms with E-state index in [0.717, 1.165) is 64.0 Å². The molecule has 2 aliphatic rings. The third-order valence-electron chi connectivity index (χ3n) is 7.53. The van der Waals surface area contributed by atoms with Crippen LogP contribution in [-0.2, 0) is 15.7 Å². The molecule has 0 unspecified atom stereocenters. The summed E-state index contributed by atoms with van der Waals surface area (Å²) < 4.78 is 44.4. The topological polar surface area (TPSA) is 99.6 Å². The summed E-state index contributed by atoms with van der Waals surface area (Å²) in [5, 5.41) is 15.9. The maximum Gasteiger partial charge on any atom is 0.433 e. The lowest BCUT2D eigenvalue weighted by molar-refractivity contribution is -0.141. The molecule has 1 aliphatic carbocycles. The van der Waals surface area contributed by atoms with Crippen molar-refractivity contribution in [1.29, 1.82) is 0 Å². The Labute approximate surface area is 234 Å². The Balaban J connectivity index is 1.55. The number of nitrogens with zero attached hydrogens (tertiary/aromatic N) is 3. The minimum absolute atomic E-state index is 0.0440. The van der Waals surface area contributed by atoms with Crippen LogP contribution in [0.1, 0.15) is 70.9 Å². The van der Waals surface area contributed by atoms with Crippen molar-refractivity contribution in [2.45, 2.75) is 83.5 Å². The first-order chi connectivity index (χ1) is 19.1. The van der Waals surface area contributed by atoms with Crippen LogP contribution in [0.2, 0.25) is 0 Å². The van der Waals surface area contributed by atoms with Gasteiger partial charge >= 0.3 is 12.1 Å². The molecule has 3 N–H and O–H groups in total. The van der Waals surface area contributed by atoms with Gasteiger partial charge in [0.15, 0.2) is 0 Å². The first-order valence-electron chi connectivity index (χ1n) is 14.0. The summed E-state index contributed by atoms with van der Waals surface area (Å²) in [6, 6.07) is -0.374. The lowest BCUT2D eigenvalue weighted by atomic mass is 9.91. The third kappa shape index (κ3) is 9.92. The number of carboxylic acid groups (broad SMARTS) is 1. The highest BCUT2D eigenvalue weighted by atomic mass is 19.4. The Bertz CT molecular complexity index is 1090. The smallest absolute Gasteiger partial charge is 0.433 e. The van der Waals surface area contributed by atoms with E-state index in [1.54, 1.807) is 7.11 Å². The zero-order valence-corrected chi connectivity index (χ0v) is 23.7. The Morgan fingerprint density at radius 2 is 2.00 bits per heavy atom. The SMILES string of the molecule is CO[C@H](C)CN(CCCCC1=C(C)CCC2=C(C=C1)CCCN2)CC[C@H](Nc1cc(C(F)(F)F)ncn1)C(=O)O. The number of allylic oxidation sites excluding steroid dienone is 6. The first kappa shape index (κ1) is 31.6. The van der Waals surface area contributed by atoms with Gasteiger partial charge in [-0.25, -0.2) is 14.8 Å². The summed E-state index contributed by atoms with van der Waals surface area (Å²) in [5.74, 6) is -1.33. The molecule has 40 heavy (non-hydrogen) atoms. The molecule has 1 aromatic heterocycles. The molecule has 0 saturated heterocycles. The number of unbranched alkanes of at least 4 members (excludes halogenated alkanes) is 1. The monoisotopic (exact) mass is 565 g/mol. The van der Waals surface area contributed by atoms with E-state index in [4.69, 9.17) is 4.74 Å². The highest BCUT2D eigenvalue weighted by Gasteiger charge is 2.33. The zero-order chi connectivity index (χ0) is 29.1. The van der Waals surface area contributed by atoms with Gasteiger partial charge in [-0.1, -0.05) is 17.7 Å². The Morgan fingerprint density at radius 1 is 1.20 bits per heavy atom. The summed E-state index contributed by atoms with van der Waals surface area (Å²) in [6.07, 6.45) is 8.18. The molecule has 11 heteroatoms. The second-order valence-corrected chi connectivity index (χ2v) is 10.6. The summed E-state index contributed by atoms with van der Waals surface area (Å²) in [6.45, 7) is 7.07. The third-order valence-corrected chi connectivity index (χ3v) is 7.53. The number of alkyl halides is 3. The molecule has 0 amide bonds. The molecular weight excluding hydrogens is 523 g/mol. The maximum atomic E-state index is 13.0. The standard InChI is InChI=1S/C29H42F3N5O3/c1-20-9-12-24-23(8-6-14-33-24)11-10-22(20)7-4-5-15-37(18-21(2)40-3)16-13-25(28(38)39)36-27-17-26(29(30,31)32)34-19-35-27/h10-11,17,19,21,25,33H,4-9,12-16,18H2,1-3H3,(H,38,39)(H,34,35,36)/t21-,25+/m1/s1. The van der Waals surface area contributed by atoms with Crippen molar-refractivity contribution in [1.82, 2.24) is 20.2 Å². The summed E-state index contributed by atoms with van der Waals surface area (Å²) in [4.78, 5) is 21.1. The van der Waals surface area contributed by atoms with E-state index in [1.165, 1.54) is 28.8 Å². The fraction of sp³-hybridized carbons (Fsp3) is 0.621. The van der Waals surface area contributed by atoms with Crippen LogP contribution in [0.5, 0.6) is 0 Å². The fourth-order valence-electron chi connectivity index (χ4n) is 5.05. The molecule has 2 atom stereocenters. The Kier molecular flexibility index (Phi) is 12.0. The van der Waals surface area contributed by atoms with Crippen molar-refractivity contribution in [3.05, 3.63) is 52.7 Å². The summed E-state index contributed by atoms with van der Waals surface area (Å²) in [5.41, 5.74) is 4.51. The van der Waals surface area contributed by atoms with Crippen LogP contribution in [0.3, 0.4) is 0 Å². The Hall–Kier alpha value is -2.92. The van der Waals surface area contributed by atoms with Crippen LogP contribution in [0.25, 0.3) is 0 Å². The molecular formula is C29H42F3N5O3. The first-order valence-corrected chi connectivity index (χ1v) is 14.0. The van der Waals surface area contributed by atoms with Gasteiger partial charge < -0.3 is 25.4 Å². The lowest BCUT2D eigenvalue weighted by Gasteiger charge is -2.27. The fourth-order valence-corrected chi connectivity index (χ4v) is 5.05. The van der Waals surface area contributed by atoms with Crippen LogP contribution < -0.4 is 10.6 Å². The summed E-state index contributed by atoms with van der Waals surface area (Å²) in [7, 11) is 1.64. The van der Waals surface area contributed by atoms with E-state index in [2.05, 4.69) is 44.6 Å². The normalized spacial score (nSPS) is 17.7. The molecule has 1 aliphatic heterocycles. The predicted octanol–water partition coefficient (Wildman–Crippen LogP) is 5.56. The molecule has 0 saturated carbocycles. The van der Waals surface area contributed by atoms with Gasteiger partial charge in [-0.2, -0.15) is 13.2 Å². The second-order valence-electron chi connectivity index (χ2n) is 10.6. The van der Waals surface area contributed by atoms with Crippen molar-refractivity contribution in [3.63, 3.8) is 0 Å². The maximum absolute atomic E-state index is 13.0. The number of carboxylic acids is 1. The average Bonchev–Trinajstić information content (AvgIpc) is 2.92. The quantitative estimate of drug-likeness (QED) is 0.252. The van der Waals surface area contributed by atoms with Gasteiger partial charge in [0, 0.05) is 38.5 Å². The molecule has 222 valence electrons. The number of aromatic nitrogens is 2. The van der Waals surface area contributed by atoms with E-state index >= 15 is 0 Å². The van der Waals surface area contributed by atoms with Crippen LogP contribution in [0.15, 0.2) is 47.0 Å². The molecule has 0 fully saturated rings. The molecule has 1 aromatic rings. The van der Waals surface area contributed by atoms with Gasteiger partial charge in [0.1, 0.15) is 23.9 Å². The van der Waals surface area contributed by atoms with Crippen molar-refractivity contribution >= 4 is 11.8 Å². The minimum Gasteiger partial charge on any atom is -0.480 e. The molecule has 0 bridgehead atoms. The number of carbonyl (C=O) groups is 1. The molecule has 3 rings (SSSR count). The number of hydrogen-bond acceptors (Lipinski definition) is 7. The number of halogens is 3. The number of nitrogens with one attached hydrogen (secondary N) is 2. The van der Waals surface area contributed by atoms with Crippen LogP contribution in [0.4, 0.5) is 19.0 Å². The van der Waals surface area contributed by atoms with Gasteiger partial charge in [-0.05, 0) is 82.9 Å². The molecule has 0 radical (unpaired) electrons. The highest BCUT2D eigenvalue weighted by Crippen LogP contribution is 2.29. The summed E-state index contributed by atoms with van der Waals surface area (Å²) >= 11 is 0. The zero-order valence-electron chi connectivity index (χ0n) is 23.7. The van der Waals surface area contributed by atoms with Gasteiger partial charge in [-0.3, -0.25) is 0 Å². The van der Waals surface area contributed by atoms with Crippen LogP contribution in [-0.4, -0.2) is 71.4 Å². The van der Waals surface area contributed by atoms with E-state index < -0.39 is 23.9 Å². The van der Waals surface area contributed by atoms with Gasteiger partial charge in [-0.15, -0.1) is 0 Å². The number of methoxy groups -OCH3 is 1. The molecule has 0 spiro atoms. The molecule has 2 heterocycles. The highest BCUT2D eigenvalue weighted by molar-refractivity contribution is 5.76.